The molecule has 35 heavy (non-hydrogen) atoms. The maximum atomic E-state index is 15.2. The number of benzene rings is 1. The zero-order chi connectivity index (χ0) is 25.3. The van der Waals surface area contributed by atoms with E-state index in [4.69, 9.17) is 9.47 Å². The van der Waals surface area contributed by atoms with Crippen LogP contribution < -0.4 is 19.7 Å². The Morgan fingerprint density at radius 2 is 1.66 bits per heavy atom. The number of halogens is 2. The lowest BCUT2D eigenvalue weighted by molar-refractivity contribution is -0.121. The number of rotatable bonds is 5. The number of nitrogens with one attached hydrogen (secondary N) is 1. The monoisotopic (exact) mass is 488 g/mol. The number of methoxy groups -OCH3 is 2. The fraction of sp³-hybridized carbons (Fsp3) is 0.538. The minimum Gasteiger partial charge on any atom is -0.493 e. The van der Waals surface area contributed by atoms with Gasteiger partial charge in [0.25, 0.3) is 0 Å². The van der Waals surface area contributed by atoms with Crippen LogP contribution in [-0.4, -0.2) is 56.2 Å². The number of amides is 1. The molecular weight excluding hydrogens is 454 g/mol. The van der Waals surface area contributed by atoms with E-state index in [2.05, 4.69) is 22.2 Å². The lowest BCUT2D eigenvalue weighted by atomic mass is 9.86. The third-order valence-electron chi connectivity index (χ3n) is 7.13. The van der Waals surface area contributed by atoms with E-state index >= 15 is 8.78 Å². The second-order valence-electron chi connectivity index (χ2n) is 9.18. The van der Waals surface area contributed by atoms with Crippen molar-refractivity contribution in [2.45, 2.75) is 57.5 Å². The molecule has 0 bridgehead atoms. The average molecular weight is 489 g/mol. The molecule has 2 aliphatic heterocycles. The molecule has 2 fully saturated rings. The first-order valence-electron chi connectivity index (χ1n) is 12.2. The molecule has 190 valence electrons. The van der Waals surface area contributed by atoms with Crippen LogP contribution in [0.15, 0.2) is 18.3 Å². The number of carbonyl (C=O) groups is 1. The second kappa shape index (κ2) is 9.97. The molecular formula is C26H34F2N4O3. The van der Waals surface area contributed by atoms with E-state index < -0.39 is 22.7 Å². The van der Waals surface area contributed by atoms with Crippen molar-refractivity contribution in [3.63, 3.8) is 0 Å². The fourth-order valence-electron chi connectivity index (χ4n) is 5.01. The van der Waals surface area contributed by atoms with Crippen molar-refractivity contribution in [2.75, 3.05) is 44.6 Å². The first-order chi connectivity index (χ1) is 16.9. The van der Waals surface area contributed by atoms with Crippen LogP contribution in [0.3, 0.4) is 0 Å². The van der Waals surface area contributed by atoms with E-state index in [0.29, 0.717) is 18.9 Å². The van der Waals surface area contributed by atoms with Gasteiger partial charge in [0.2, 0.25) is 5.91 Å². The van der Waals surface area contributed by atoms with Gasteiger partial charge in [0, 0.05) is 18.3 Å². The van der Waals surface area contributed by atoms with E-state index in [1.54, 1.807) is 6.20 Å². The van der Waals surface area contributed by atoms with Gasteiger partial charge in [-0.25, -0.2) is 13.8 Å². The van der Waals surface area contributed by atoms with Gasteiger partial charge in [0.1, 0.15) is 11.5 Å². The topological polar surface area (TPSA) is 66.9 Å². The minimum absolute atomic E-state index is 0.0293. The number of aromatic nitrogens is 1. The number of fused-ring (bicyclic) bond motifs is 2. The van der Waals surface area contributed by atoms with Gasteiger partial charge in [-0.3, -0.25) is 4.79 Å². The molecule has 0 unspecified atom stereocenters. The number of carbonyl (C=O) groups excluding carboxylic acids is 1. The zero-order valence-corrected chi connectivity index (χ0v) is 21.1. The Hall–Kier alpha value is -2.94. The maximum absolute atomic E-state index is 15.2. The standard InChI is InChI=1S/C24H28F2N4O3.C2H6/c1-29-8-4-15(5-9-29)28-19-10-16-14(12-27-19)13-30(23(31)24(16)6-7-24)22-20(25)17(32-2)11-18(33-3)21(22)26;1-2/h10-12,15H,4-9,13H2,1-3H3,(H,27,28);1-2H3. The number of hydrogen-bond acceptors (Lipinski definition) is 6. The summed E-state index contributed by atoms with van der Waals surface area (Å²) in [4.78, 5) is 21.6. The van der Waals surface area contributed by atoms with E-state index in [0.717, 1.165) is 48.9 Å². The summed E-state index contributed by atoms with van der Waals surface area (Å²) in [6.45, 7) is 6.09. The van der Waals surface area contributed by atoms with Crippen LogP contribution in [0.2, 0.25) is 0 Å². The summed E-state index contributed by atoms with van der Waals surface area (Å²) in [7, 11) is 4.70. The summed E-state index contributed by atoms with van der Waals surface area (Å²) in [6, 6.07) is 3.44. The highest BCUT2D eigenvalue weighted by Crippen LogP contribution is 2.55. The Morgan fingerprint density at radius 3 is 2.20 bits per heavy atom. The molecule has 3 heterocycles. The number of pyridine rings is 1. The van der Waals surface area contributed by atoms with Crippen molar-refractivity contribution in [1.29, 1.82) is 0 Å². The molecule has 7 nitrogen and oxygen atoms in total. The van der Waals surface area contributed by atoms with Crippen molar-refractivity contribution in [3.05, 3.63) is 41.1 Å². The van der Waals surface area contributed by atoms with E-state index in [-0.39, 0.29) is 24.0 Å². The van der Waals surface area contributed by atoms with Gasteiger partial charge in [0.15, 0.2) is 23.1 Å². The highest BCUT2D eigenvalue weighted by Gasteiger charge is 2.57. The fourth-order valence-corrected chi connectivity index (χ4v) is 5.01. The van der Waals surface area contributed by atoms with Crippen LogP contribution in [0, 0.1) is 11.6 Å². The summed E-state index contributed by atoms with van der Waals surface area (Å²) >= 11 is 0. The van der Waals surface area contributed by atoms with Gasteiger partial charge in [-0.1, -0.05) is 13.8 Å². The molecule has 5 rings (SSSR count). The number of likely N-dealkylation sites (tertiary alicyclic amines) is 1. The number of anilines is 2. The molecule has 0 atom stereocenters. The predicted octanol–water partition coefficient (Wildman–Crippen LogP) is 4.49. The summed E-state index contributed by atoms with van der Waals surface area (Å²) in [5, 5.41) is 3.51. The molecule has 1 amide bonds. The van der Waals surface area contributed by atoms with Crippen LogP contribution in [0.1, 0.15) is 50.7 Å². The molecule has 9 heteroatoms. The van der Waals surface area contributed by atoms with E-state index in [1.165, 1.54) is 19.1 Å². The Balaban J connectivity index is 0.00000141. The lowest BCUT2D eigenvalue weighted by Crippen LogP contribution is -2.45. The van der Waals surface area contributed by atoms with Crippen LogP contribution in [0.4, 0.5) is 20.3 Å². The number of nitrogens with zero attached hydrogens (tertiary/aromatic N) is 3. The first kappa shape index (κ1) is 25.2. The molecule has 1 saturated heterocycles. The molecule has 1 spiro atoms. The molecule has 0 radical (unpaired) electrons. The predicted molar refractivity (Wildman–Crippen MR) is 131 cm³/mol. The third kappa shape index (κ3) is 4.42. The summed E-state index contributed by atoms with van der Waals surface area (Å²) in [5.74, 6) is -1.76. The molecule has 1 saturated carbocycles. The van der Waals surface area contributed by atoms with Crippen molar-refractivity contribution in [2.24, 2.45) is 0 Å². The average Bonchev–Trinajstić information content (AvgIpc) is 3.67. The Labute approximate surface area is 205 Å². The molecule has 1 aromatic carbocycles. The lowest BCUT2D eigenvalue weighted by Gasteiger charge is -2.35. The van der Waals surface area contributed by atoms with E-state index in [1.807, 2.05) is 19.9 Å². The van der Waals surface area contributed by atoms with Crippen molar-refractivity contribution in [3.8, 4) is 11.5 Å². The molecule has 1 N–H and O–H groups in total. The number of ether oxygens (including phenoxy) is 2. The molecule has 3 aliphatic rings. The Kier molecular flexibility index (Phi) is 7.17. The Morgan fingerprint density at radius 1 is 1.06 bits per heavy atom. The quantitative estimate of drug-likeness (QED) is 0.669. The number of piperidine rings is 1. The zero-order valence-electron chi connectivity index (χ0n) is 21.1. The van der Waals surface area contributed by atoms with Crippen molar-refractivity contribution < 1.29 is 23.0 Å². The highest BCUT2D eigenvalue weighted by molar-refractivity contribution is 6.05. The Bertz CT molecular complexity index is 1070. The van der Waals surface area contributed by atoms with Gasteiger partial charge in [-0.15, -0.1) is 0 Å². The molecule has 1 aromatic heterocycles. The normalized spacial score (nSPS) is 19.1. The molecule has 2 aromatic rings. The van der Waals surface area contributed by atoms with Crippen molar-refractivity contribution in [1.82, 2.24) is 9.88 Å². The summed E-state index contributed by atoms with van der Waals surface area (Å²) in [6.07, 6.45) is 5.06. The number of hydrogen-bond donors (Lipinski definition) is 1. The van der Waals surface area contributed by atoms with Crippen LogP contribution in [0.5, 0.6) is 11.5 Å². The van der Waals surface area contributed by atoms with Crippen LogP contribution in [0.25, 0.3) is 0 Å². The van der Waals surface area contributed by atoms with Gasteiger partial charge >= 0.3 is 0 Å². The van der Waals surface area contributed by atoms with Crippen LogP contribution >= 0.6 is 0 Å². The maximum Gasteiger partial charge on any atom is 0.238 e. The highest BCUT2D eigenvalue weighted by atomic mass is 19.1. The van der Waals surface area contributed by atoms with Gasteiger partial charge in [0.05, 0.1) is 26.2 Å². The second-order valence-corrected chi connectivity index (χ2v) is 9.18. The minimum atomic E-state index is -0.920. The van der Waals surface area contributed by atoms with Gasteiger partial charge in [-0.2, -0.15) is 0 Å². The smallest absolute Gasteiger partial charge is 0.238 e. The SMILES string of the molecule is CC.COc1cc(OC)c(F)c(N2Cc3cnc(NC4CCN(C)CC4)cc3C3(CC3)C2=O)c1F. The summed E-state index contributed by atoms with van der Waals surface area (Å²) < 4.78 is 40.4. The van der Waals surface area contributed by atoms with Gasteiger partial charge < -0.3 is 24.6 Å². The van der Waals surface area contributed by atoms with Crippen molar-refractivity contribution >= 4 is 17.4 Å². The molecule has 1 aliphatic carbocycles. The first-order valence-corrected chi connectivity index (χ1v) is 12.2. The largest absolute Gasteiger partial charge is 0.493 e. The van der Waals surface area contributed by atoms with E-state index in [9.17, 15) is 4.79 Å². The van der Waals surface area contributed by atoms with Gasteiger partial charge in [-0.05, 0) is 63.0 Å². The van der Waals surface area contributed by atoms with Crippen LogP contribution in [-0.2, 0) is 16.8 Å². The third-order valence-corrected chi connectivity index (χ3v) is 7.13. The summed E-state index contributed by atoms with van der Waals surface area (Å²) in [5.41, 5.74) is 0.489.